The molecule has 0 amide bonds. The fraction of sp³-hybridized carbons (Fsp3) is 0.500. The number of ether oxygens (including phenoxy) is 1. The Labute approximate surface area is 71.0 Å². The SMILES string of the molecule is COC[C@@H](N)Cc1cccs1. The van der Waals surface area contributed by atoms with Crippen LogP contribution in [0.3, 0.4) is 0 Å². The Balaban J connectivity index is 2.31. The smallest absolute Gasteiger partial charge is 0.0617 e. The lowest BCUT2D eigenvalue weighted by molar-refractivity contribution is 0.180. The quantitative estimate of drug-likeness (QED) is 0.740. The Kier molecular flexibility index (Phi) is 3.56. The molecule has 0 unspecified atom stereocenters. The van der Waals surface area contributed by atoms with Gasteiger partial charge in [-0.1, -0.05) is 6.07 Å². The second-order valence-electron chi connectivity index (χ2n) is 2.50. The number of nitrogens with two attached hydrogens (primary N) is 1. The number of methoxy groups -OCH3 is 1. The molecule has 0 radical (unpaired) electrons. The average molecular weight is 171 g/mol. The van der Waals surface area contributed by atoms with Crippen molar-refractivity contribution in [2.45, 2.75) is 12.5 Å². The maximum Gasteiger partial charge on any atom is 0.0617 e. The van der Waals surface area contributed by atoms with E-state index < -0.39 is 0 Å². The van der Waals surface area contributed by atoms with E-state index in [4.69, 9.17) is 10.5 Å². The predicted octanol–water partition coefficient (Wildman–Crippen LogP) is 1.26. The summed E-state index contributed by atoms with van der Waals surface area (Å²) in [6.07, 6.45) is 0.922. The second-order valence-corrected chi connectivity index (χ2v) is 3.53. The molecule has 2 N–H and O–H groups in total. The van der Waals surface area contributed by atoms with E-state index in [1.807, 2.05) is 6.07 Å². The van der Waals surface area contributed by atoms with E-state index in [-0.39, 0.29) is 6.04 Å². The molecule has 0 aliphatic rings. The minimum Gasteiger partial charge on any atom is -0.383 e. The Hall–Kier alpha value is -0.380. The fourth-order valence-electron chi connectivity index (χ4n) is 0.960. The molecule has 0 aliphatic heterocycles. The maximum absolute atomic E-state index is 5.76. The lowest BCUT2D eigenvalue weighted by atomic mass is 10.2. The van der Waals surface area contributed by atoms with Gasteiger partial charge in [0.25, 0.3) is 0 Å². The molecule has 0 bridgehead atoms. The van der Waals surface area contributed by atoms with Crippen LogP contribution >= 0.6 is 11.3 Å². The van der Waals surface area contributed by atoms with Crippen molar-refractivity contribution in [3.8, 4) is 0 Å². The highest BCUT2D eigenvalue weighted by Crippen LogP contribution is 2.10. The summed E-state index contributed by atoms with van der Waals surface area (Å²) in [5, 5.41) is 2.06. The minimum absolute atomic E-state index is 0.138. The van der Waals surface area contributed by atoms with Gasteiger partial charge in [0.05, 0.1) is 6.61 Å². The third kappa shape index (κ3) is 3.01. The molecule has 62 valence electrons. The number of rotatable bonds is 4. The van der Waals surface area contributed by atoms with Crippen molar-refractivity contribution in [3.05, 3.63) is 22.4 Å². The first-order chi connectivity index (χ1) is 5.33. The molecule has 0 saturated heterocycles. The van der Waals surface area contributed by atoms with Gasteiger partial charge in [-0.25, -0.2) is 0 Å². The summed E-state index contributed by atoms with van der Waals surface area (Å²) < 4.78 is 4.93. The van der Waals surface area contributed by atoms with E-state index in [1.165, 1.54) is 4.88 Å². The topological polar surface area (TPSA) is 35.2 Å². The molecule has 2 nitrogen and oxygen atoms in total. The zero-order chi connectivity index (χ0) is 8.10. The number of thiophene rings is 1. The normalized spacial score (nSPS) is 13.3. The third-order valence-corrected chi connectivity index (χ3v) is 2.32. The van der Waals surface area contributed by atoms with Crippen molar-refractivity contribution in [2.75, 3.05) is 13.7 Å². The number of hydrogen-bond donors (Lipinski definition) is 1. The van der Waals surface area contributed by atoms with Crippen LogP contribution in [0, 0.1) is 0 Å². The highest BCUT2D eigenvalue weighted by atomic mass is 32.1. The molecule has 0 aromatic carbocycles. The molecule has 0 saturated carbocycles. The molecule has 0 spiro atoms. The van der Waals surface area contributed by atoms with Gasteiger partial charge in [0.1, 0.15) is 0 Å². The van der Waals surface area contributed by atoms with Crippen LogP contribution in [0.15, 0.2) is 17.5 Å². The highest BCUT2D eigenvalue weighted by Gasteiger charge is 2.02. The lowest BCUT2D eigenvalue weighted by Crippen LogP contribution is -2.27. The van der Waals surface area contributed by atoms with Crippen LogP contribution in [0.2, 0.25) is 0 Å². The summed E-state index contributed by atoms with van der Waals surface area (Å²) in [6.45, 7) is 0.637. The molecule has 1 atom stereocenters. The van der Waals surface area contributed by atoms with Gasteiger partial charge >= 0.3 is 0 Å². The summed E-state index contributed by atoms with van der Waals surface area (Å²) in [4.78, 5) is 1.33. The first-order valence-electron chi connectivity index (χ1n) is 3.60. The molecule has 1 aromatic heterocycles. The molecule has 3 heteroatoms. The van der Waals surface area contributed by atoms with E-state index in [0.717, 1.165) is 6.42 Å². The van der Waals surface area contributed by atoms with Gasteiger partial charge < -0.3 is 10.5 Å². The Morgan fingerprint density at radius 2 is 2.55 bits per heavy atom. The Morgan fingerprint density at radius 1 is 1.73 bits per heavy atom. The summed E-state index contributed by atoms with van der Waals surface area (Å²) >= 11 is 1.74. The van der Waals surface area contributed by atoms with Crippen LogP contribution in [-0.2, 0) is 11.2 Å². The molecule has 11 heavy (non-hydrogen) atoms. The molecule has 1 heterocycles. The van der Waals surface area contributed by atoms with Crippen molar-refractivity contribution >= 4 is 11.3 Å². The van der Waals surface area contributed by atoms with Gasteiger partial charge in [-0.3, -0.25) is 0 Å². The Morgan fingerprint density at radius 3 is 3.09 bits per heavy atom. The summed E-state index contributed by atoms with van der Waals surface area (Å²) in [5.41, 5.74) is 5.76. The molecular weight excluding hydrogens is 158 g/mol. The summed E-state index contributed by atoms with van der Waals surface area (Å²) in [5.74, 6) is 0. The van der Waals surface area contributed by atoms with Crippen LogP contribution < -0.4 is 5.73 Å². The summed E-state index contributed by atoms with van der Waals surface area (Å²) in [7, 11) is 1.67. The van der Waals surface area contributed by atoms with E-state index in [9.17, 15) is 0 Å². The number of hydrogen-bond acceptors (Lipinski definition) is 3. The van der Waals surface area contributed by atoms with Crippen molar-refractivity contribution in [1.29, 1.82) is 0 Å². The van der Waals surface area contributed by atoms with Gasteiger partial charge in [-0.2, -0.15) is 0 Å². The van der Waals surface area contributed by atoms with E-state index >= 15 is 0 Å². The minimum atomic E-state index is 0.138. The molecule has 1 aromatic rings. The highest BCUT2D eigenvalue weighted by molar-refractivity contribution is 7.09. The standard InChI is InChI=1S/C8H13NOS/c1-10-6-7(9)5-8-3-2-4-11-8/h2-4,7H,5-6,9H2,1H3/t7-/m0/s1. The van der Waals surface area contributed by atoms with Crippen LogP contribution in [0.4, 0.5) is 0 Å². The second kappa shape index (κ2) is 4.49. The van der Waals surface area contributed by atoms with Gasteiger partial charge in [0.15, 0.2) is 0 Å². The molecule has 1 rings (SSSR count). The van der Waals surface area contributed by atoms with Crippen molar-refractivity contribution in [3.63, 3.8) is 0 Å². The van der Waals surface area contributed by atoms with Crippen molar-refractivity contribution in [1.82, 2.24) is 0 Å². The monoisotopic (exact) mass is 171 g/mol. The van der Waals surface area contributed by atoms with Crippen molar-refractivity contribution in [2.24, 2.45) is 5.73 Å². The zero-order valence-electron chi connectivity index (χ0n) is 6.62. The molecular formula is C8H13NOS. The largest absolute Gasteiger partial charge is 0.383 e. The van der Waals surface area contributed by atoms with Crippen LogP contribution in [0.25, 0.3) is 0 Å². The van der Waals surface area contributed by atoms with Crippen LogP contribution in [0.5, 0.6) is 0 Å². The summed E-state index contributed by atoms with van der Waals surface area (Å²) in [6, 6.07) is 4.28. The van der Waals surface area contributed by atoms with Gasteiger partial charge in [0.2, 0.25) is 0 Å². The zero-order valence-corrected chi connectivity index (χ0v) is 7.43. The van der Waals surface area contributed by atoms with E-state index in [1.54, 1.807) is 18.4 Å². The van der Waals surface area contributed by atoms with Gasteiger partial charge in [-0.15, -0.1) is 11.3 Å². The third-order valence-electron chi connectivity index (χ3n) is 1.42. The fourth-order valence-corrected chi connectivity index (χ4v) is 1.76. The molecule has 0 fully saturated rings. The van der Waals surface area contributed by atoms with Gasteiger partial charge in [0, 0.05) is 18.0 Å². The van der Waals surface area contributed by atoms with Crippen LogP contribution in [-0.4, -0.2) is 19.8 Å². The van der Waals surface area contributed by atoms with E-state index in [2.05, 4.69) is 11.4 Å². The van der Waals surface area contributed by atoms with E-state index in [0.29, 0.717) is 6.61 Å². The van der Waals surface area contributed by atoms with Crippen molar-refractivity contribution < 1.29 is 4.74 Å². The van der Waals surface area contributed by atoms with Crippen LogP contribution in [0.1, 0.15) is 4.88 Å². The molecule has 0 aliphatic carbocycles. The first-order valence-corrected chi connectivity index (χ1v) is 4.48. The predicted molar refractivity (Wildman–Crippen MR) is 47.9 cm³/mol. The maximum atomic E-state index is 5.76. The average Bonchev–Trinajstić information content (AvgIpc) is 2.40. The van der Waals surface area contributed by atoms with Gasteiger partial charge in [-0.05, 0) is 17.9 Å². The first kappa shape index (κ1) is 8.71. The Bertz CT molecular complexity index is 186. The lowest BCUT2D eigenvalue weighted by Gasteiger charge is -2.07.